The largest absolute Gasteiger partial charge is 0.480 e. The van der Waals surface area contributed by atoms with Crippen LogP contribution in [0, 0.1) is 0 Å². The van der Waals surface area contributed by atoms with Gasteiger partial charge in [0, 0.05) is 18.2 Å². The number of carbonyl (C=O) groups is 3. The zero-order chi connectivity index (χ0) is 15.5. The fourth-order valence-electron chi connectivity index (χ4n) is 0.824. The van der Waals surface area contributed by atoms with E-state index in [1.807, 2.05) is 0 Å². The van der Waals surface area contributed by atoms with Crippen LogP contribution in [0.15, 0.2) is 5.16 Å². The molecule has 2 atom stereocenters. The number of rotatable bonds is 11. The molecular formula is C9H15N3O6S2. The quantitative estimate of drug-likeness (QED) is 0.162. The number of hydrogen-bond acceptors (Lipinski definition) is 8. The summed E-state index contributed by atoms with van der Waals surface area (Å²) in [5, 5.41) is 22.7. The van der Waals surface area contributed by atoms with Crippen molar-refractivity contribution in [1.29, 1.82) is 0 Å². The summed E-state index contributed by atoms with van der Waals surface area (Å²) in [5.74, 6) is -2.79. The summed E-state index contributed by atoms with van der Waals surface area (Å²) in [6, 6.07) is -2.13. The van der Waals surface area contributed by atoms with Crippen LogP contribution in [0.5, 0.6) is 0 Å². The van der Waals surface area contributed by atoms with Crippen LogP contribution in [0.1, 0.15) is 0 Å². The van der Waals surface area contributed by atoms with Gasteiger partial charge in [-0.2, -0.15) is 0 Å². The first-order valence-corrected chi connectivity index (χ1v) is 7.70. The number of amides is 1. The minimum atomic E-state index is -1.21. The molecule has 9 nitrogen and oxygen atoms in total. The van der Waals surface area contributed by atoms with E-state index in [-0.39, 0.29) is 11.5 Å². The molecule has 0 unspecified atom stereocenters. The number of hydrogen-bond donors (Lipinski definition) is 4. The molecule has 114 valence electrons. The summed E-state index contributed by atoms with van der Waals surface area (Å²) >= 11 is 0. The second kappa shape index (κ2) is 10.3. The first-order chi connectivity index (χ1) is 9.38. The van der Waals surface area contributed by atoms with Crippen molar-refractivity contribution < 1.29 is 29.4 Å². The maximum atomic E-state index is 11.2. The molecule has 0 aliphatic heterocycles. The monoisotopic (exact) mass is 325 g/mol. The Morgan fingerprint density at radius 1 is 1.25 bits per heavy atom. The highest BCUT2D eigenvalue weighted by molar-refractivity contribution is 8.76. The molecular weight excluding hydrogens is 310 g/mol. The molecule has 11 heteroatoms. The summed E-state index contributed by atoms with van der Waals surface area (Å²) in [6.07, 6.45) is 0. The molecule has 0 fully saturated rings. The van der Waals surface area contributed by atoms with Crippen molar-refractivity contribution in [3.63, 3.8) is 0 Å². The molecule has 0 aromatic heterocycles. The number of aliphatic carboxylic acids is 2. The predicted octanol–water partition coefficient (Wildman–Crippen LogP) is -1.02. The first kappa shape index (κ1) is 18.5. The highest BCUT2D eigenvalue weighted by Gasteiger charge is 2.21. The van der Waals surface area contributed by atoms with Crippen molar-refractivity contribution in [3.8, 4) is 0 Å². The second-order valence-electron chi connectivity index (χ2n) is 3.37. The van der Waals surface area contributed by atoms with E-state index in [9.17, 15) is 14.4 Å². The van der Waals surface area contributed by atoms with Crippen molar-refractivity contribution in [1.82, 2.24) is 5.32 Å². The molecule has 0 aromatic rings. The fourth-order valence-corrected chi connectivity index (χ4v) is 3.09. The first-order valence-electron chi connectivity index (χ1n) is 5.21. The minimum absolute atomic E-state index is 0.0552. The maximum absolute atomic E-state index is 11.2. The third-order valence-corrected chi connectivity index (χ3v) is 4.25. The minimum Gasteiger partial charge on any atom is -0.480 e. The number of carbonyl (C=O) groups excluding carboxylic acids is 1. The molecule has 1 amide bonds. The van der Waals surface area contributed by atoms with Gasteiger partial charge in [-0.1, -0.05) is 21.6 Å². The van der Waals surface area contributed by atoms with Crippen LogP contribution in [0.25, 0.3) is 0 Å². The molecule has 0 aliphatic carbocycles. The summed E-state index contributed by atoms with van der Waals surface area (Å²) < 4.78 is 0. The van der Waals surface area contributed by atoms with Gasteiger partial charge in [-0.05, 0) is 0 Å². The Kier molecular flexibility index (Phi) is 9.59. The Bertz CT molecular complexity index is 368. The van der Waals surface area contributed by atoms with E-state index < -0.39 is 36.5 Å². The third kappa shape index (κ3) is 8.61. The van der Waals surface area contributed by atoms with Crippen LogP contribution in [0.4, 0.5) is 0 Å². The summed E-state index contributed by atoms with van der Waals surface area (Å²) in [4.78, 5) is 37.0. The van der Waals surface area contributed by atoms with Crippen LogP contribution in [0.2, 0.25) is 0 Å². The molecule has 0 saturated heterocycles. The molecule has 0 saturated carbocycles. The van der Waals surface area contributed by atoms with Gasteiger partial charge in [0.25, 0.3) is 5.91 Å². The lowest BCUT2D eigenvalue weighted by molar-refractivity contribution is -0.141. The average Bonchev–Trinajstić information content (AvgIpc) is 2.38. The van der Waals surface area contributed by atoms with E-state index >= 15 is 0 Å². The van der Waals surface area contributed by atoms with Crippen LogP contribution in [-0.2, 0) is 19.2 Å². The summed E-state index contributed by atoms with van der Waals surface area (Å²) in [7, 11) is 2.22. The number of oxime groups is 1. The third-order valence-electron chi connectivity index (χ3n) is 1.80. The number of carboxylic acids is 2. The predicted molar refractivity (Wildman–Crippen MR) is 75.6 cm³/mol. The number of nitrogens with zero attached hydrogens (tertiary/aromatic N) is 1. The zero-order valence-electron chi connectivity index (χ0n) is 10.4. The normalized spacial score (nSPS) is 13.1. The van der Waals surface area contributed by atoms with Gasteiger partial charge in [-0.15, -0.1) is 5.16 Å². The standard InChI is InChI=1S/C9H15N3O6S2/c1-11-18-2-7(13)12-6(9(16)17)4-20-19-3-5(10)8(14)15/h5-6H,1-4,10H2,(H,12,13)(H,14,15)(H,16,17)/t5-,6-/m1/s1. The van der Waals surface area contributed by atoms with Gasteiger partial charge < -0.3 is 26.1 Å². The maximum Gasteiger partial charge on any atom is 0.327 e. The van der Waals surface area contributed by atoms with E-state index in [4.69, 9.17) is 15.9 Å². The SMILES string of the molecule is C=NOCC(=O)N[C@H](CSSC[C@@H](N)C(=O)O)C(=O)O. The highest BCUT2D eigenvalue weighted by Crippen LogP contribution is 2.22. The Morgan fingerprint density at radius 2 is 1.85 bits per heavy atom. The molecule has 0 bridgehead atoms. The van der Waals surface area contributed by atoms with Crippen molar-refractivity contribution in [2.75, 3.05) is 18.1 Å². The summed E-state index contributed by atoms with van der Waals surface area (Å²) in [5.41, 5.74) is 5.28. The van der Waals surface area contributed by atoms with E-state index in [1.54, 1.807) is 0 Å². The molecule has 0 aromatic carbocycles. The van der Waals surface area contributed by atoms with E-state index in [2.05, 4.69) is 22.0 Å². The molecule has 0 heterocycles. The lowest BCUT2D eigenvalue weighted by Crippen LogP contribution is -2.43. The topological polar surface area (TPSA) is 151 Å². The lowest BCUT2D eigenvalue weighted by Gasteiger charge is -2.13. The van der Waals surface area contributed by atoms with E-state index in [0.29, 0.717) is 0 Å². The number of nitrogens with two attached hydrogens (primary N) is 1. The van der Waals surface area contributed by atoms with Gasteiger partial charge in [-0.3, -0.25) is 9.59 Å². The number of nitrogens with one attached hydrogen (secondary N) is 1. The number of carboxylic acid groups (broad SMARTS) is 2. The molecule has 5 N–H and O–H groups in total. The molecule has 0 aliphatic rings. The molecule has 0 spiro atoms. The van der Waals surface area contributed by atoms with Crippen LogP contribution in [-0.4, -0.2) is 65.0 Å². The van der Waals surface area contributed by atoms with Gasteiger partial charge in [0.15, 0.2) is 6.61 Å². The van der Waals surface area contributed by atoms with E-state index in [0.717, 1.165) is 21.6 Å². The van der Waals surface area contributed by atoms with Gasteiger partial charge in [0.05, 0.1) is 0 Å². The zero-order valence-corrected chi connectivity index (χ0v) is 12.0. The van der Waals surface area contributed by atoms with Gasteiger partial charge in [0.1, 0.15) is 12.1 Å². The Morgan fingerprint density at radius 3 is 2.35 bits per heavy atom. The Balaban J connectivity index is 4.03. The lowest BCUT2D eigenvalue weighted by atomic mass is 10.3. The van der Waals surface area contributed by atoms with Crippen LogP contribution < -0.4 is 11.1 Å². The van der Waals surface area contributed by atoms with Gasteiger partial charge in [0.2, 0.25) is 0 Å². The van der Waals surface area contributed by atoms with Crippen molar-refractivity contribution in [2.45, 2.75) is 12.1 Å². The van der Waals surface area contributed by atoms with Crippen molar-refractivity contribution >= 4 is 46.2 Å². The summed E-state index contributed by atoms with van der Waals surface area (Å²) in [6.45, 7) is 2.58. The van der Waals surface area contributed by atoms with Crippen LogP contribution >= 0.6 is 21.6 Å². The van der Waals surface area contributed by atoms with Gasteiger partial charge in [-0.25, -0.2) is 4.79 Å². The van der Waals surface area contributed by atoms with Crippen molar-refractivity contribution in [3.05, 3.63) is 0 Å². The highest BCUT2D eigenvalue weighted by atomic mass is 33.1. The van der Waals surface area contributed by atoms with Crippen LogP contribution in [0.3, 0.4) is 0 Å². The molecule has 0 rings (SSSR count). The van der Waals surface area contributed by atoms with Gasteiger partial charge >= 0.3 is 11.9 Å². The second-order valence-corrected chi connectivity index (χ2v) is 5.93. The smallest absolute Gasteiger partial charge is 0.327 e. The van der Waals surface area contributed by atoms with Crippen molar-refractivity contribution in [2.24, 2.45) is 10.9 Å². The molecule has 0 radical (unpaired) electrons. The Hall–Kier alpha value is -1.46. The average molecular weight is 325 g/mol. The van der Waals surface area contributed by atoms with E-state index in [1.165, 1.54) is 0 Å². The molecule has 20 heavy (non-hydrogen) atoms. The fraction of sp³-hybridized carbons (Fsp3) is 0.556. The Labute approximate surface area is 122 Å².